The molecule has 4 amide bonds. The van der Waals surface area contributed by atoms with Crippen molar-refractivity contribution < 1.29 is 46.9 Å². The van der Waals surface area contributed by atoms with E-state index in [4.69, 9.17) is 18.9 Å². The number of carbonyl (C=O) groups is 4. The Kier molecular flexibility index (Phi) is 8.60. The van der Waals surface area contributed by atoms with Gasteiger partial charge in [0.2, 0.25) is 11.8 Å². The highest BCUT2D eigenvalue weighted by Crippen LogP contribution is 2.38. The van der Waals surface area contributed by atoms with Crippen molar-refractivity contribution in [3.8, 4) is 17.2 Å². The maximum atomic E-state index is 13.7. The number of ether oxygens (including phenoxy) is 4. The maximum absolute atomic E-state index is 13.7. The number of halogens is 2. The molecule has 0 spiro atoms. The third-order valence-electron chi connectivity index (χ3n) is 7.72. The molecule has 3 aliphatic heterocycles. The van der Waals surface area contributed by atoms with E-state index in [1.807, 2.05) is 0 Å². The van der Waals surface area contributed by atoms with Crippen molar-refractivity contribution >= 4 is 29.5 Å². The molecule has 2 atom stereocenters. The second kappa shape index (κ2) is 12.9. The fourth-order valence-electron chi connectivity index (χ4n) is 5.46. The average molecular weight is 622 g/mol. The van der Waals surface area contributed by atoms with Gasteiger partial charge >= 0.3 is 6.09 Å². The summed E-state index contributed by atoms with van der Waals surface area (Å²) in [6.07, 6.45) is 0.776. The summed E-state index contributed by atoms with van der Waals surface area (Å²) in [5.74, 6) is -2.58. The van der Waals surface area contributed by atoms with Gasteiger partial charge in [-0.3, -0.25) is 25.0 Å². The Morgan fingerprint density at radius 3 is 2.53 bits per heavy atom. The van der Waals surface area contributed by atoms with Gasteiger partial charge in [0, 0.05) is 36.9 Å². The third kappa shape index (κ3) is 6.73. The van der Waals surface area contributed by atoms with E-state index < -0.39 is 35.6 Å². The van der Waals surface area contributed by atoms with Crippen molar-refractivity contribution in [3.63, 3.8) is 0 Å². The first kappa shape index (κ1) is 30.0. The minimum absolute atomic E-state index is 0.111. The number of anilines is 1. The SMILES string of the molecule is O=C1CCC(N2Cc3ccc(COC(=O)Nc4ccc(Oc5ccc(F)c(F)c5)cc4)c(O[C@@H]4CCCOC4)c3C2=O)C(=O)N1. The van der Waals surface area contributed by atoms with Crippen LogP contribution in [0.4, 0.5) is 19.3 Å². The summed E-state index contributed by atoms with van der Waals surface area (Å²) in [6.45, 7) is 0.911. The lowest BCUT2D eigenvalue weighted by atomic mass is 10.0. The summed E-state index contributed by atoms with van der Waals surface area (Å²) in [5, 5.41) is 4.90. The van der Waals surface area contributed by atoms with E-state index in [1.165, 1.54) is 23.1 Å². The molecule has 2 fully saturated rings. The van der Waals surface area contributed by atoms with Crippen molar-refractivity contribution in [3.05, 3.63) is 82.9 Å². The summed E-state index contributed by atoms with van der Waals surface area (Å²) in [7, 11) is 0. The van der Waals surface area contributed by atoms with Gasteiger partial charge in [-0.2, -0.15) is 0 Å². The van der Waals surface area contributed by atoms with E-state index in [9.17, 15) is 28.0 Å². The lowest BCUT2D eigenvalue weighted by molar-refractivity contribution is -0.136. The van der Waals surface area contributed by atoms with Gasteiger partial charge in [-0.1, -0.05) is 12.1 Å². The van der Waals surface area contributed by atoms with Crippen LogP contribution in [0.25, 0.3) is 0 Å². The Morgan fingerprint density at radius 1 is 1.00 bits per heavy atom. The van der Waals surface area contributed by atoms with Crippen LogP contribution in [0.3, 0.4) is 0 Å². The molecule has 3 aromatic rings. The van der Waals surface area contributed by atoms with Gasteiger partial charge < -0.3 is 23.8 Å². The van der Waals surface area contributed by atoms with Crippen molar-refractivity contribution in [2.75, 3.05) is 18.5 Å². The monoisotopic (exact) mass is 621 g/mol. The average Bonchev–Trinajstić information content (AvgIpc) is 3.36. The van der Waals surface area contributed by atoms with Crippen LogP contribution in [0.1, 0.15) is 47.2 Å². The van der Waals surface area contributed by atoms with E-state index in [-0.39, 0.29) is 49.5 Å². The van der Waals surface area contributed by atoms with E-state index >= 15 is 0 Å². The number of fused-ring (bicyclic) bond motifs is 1. The predicted octanol–water partition coefficient (Wildman–Crippen LogP) is 4.82. The van der Waals surface area contributed by atoms with Crippen molar-refractivity contribution in [2.24, 2.45) is 0 Å². The van der Waals surface area contributed by atoms with Crippen molar-refractivity contribution in [1.82, 2.24) is 10.2 Å². The molecule has 2 N–H and O–H groups in total. The summed E-state index contributed by atoms with van der Waals surface area (Å²) in [6, 6.07) is 12.0. The Morgan fingerprint density at radius 2 is 1.80 bits per heavy atom. The van der Waals surface area contributed by atoms with Gasteiger partial charge in [0.05, 0.1) is 12.2 Å². The maximum Gasteiger partial charge on any atom is 0.411 e. The number of carbonyl (C=O) groups excluding carboxylic acids is 4. The van der Waals surface area contributed by atoms with Gasteiger partial charge in [0.1, 0.15) is 36.0 Å². The smallest absolute Gasteiger partial charge is 0.411 e. The lowest BCUT2D eigenvalue weighted by Gasteiger charge is -2.29. The molecule has 2 saturated heterocycles. The quantitative estimate of drug-likeness (QED) is 0.342. The Labute approximate surface area is 256 Å². The highest BCUT2D eigenvalue weighted by Gasteiger charge is 2.41. The lowest BCUT2D eigenvalue weighted by Crippen LogP contribution is -2.52. The summed E-state index contributed by atoms with van der Waals surface area (Å²) in [4.78, 5) is 52.0. The number of rotatable bonds is 8. The summed E-state index contributed by atoms with van der Waals surface area (Å²) >= 11 is 0. The number of nitrogens with one attached hydrogen (secondary N) is 2. The molecule has 11 nitrogen and oxygen atoms in total. The highest BCUT2D eigenvalue weighted by molar-refractivity contribution is 6.06. The minimum atomic E-state index is -1.03. The normalized spacial score (nSPS) is 19.5. The Balaban J connectivity index is 1.14. The van der Waals surface area contributed by atoms with E-state index in [2.05, 4.69) is 10.6 Å². The summed E-state index contributed by atoms with van der Waals surface area (Å²) < 4.78 is 49.5. The van der Waals surface area contributed by atoms with E-state index in [0.29, 0.717) is 47.8 Å². The first-order valence-corrected chi connectivity index (χ1v) is 14.5. The van der Waals surface area contributed by atoms with Crippen LogP contribution in [0.15, 0.2) is 54.6 Å². The van der Waals surface area contributed by atoms with Crippen molar-refractivity contribution in [1.29, 1.82) is 0 Å². The van der Waals surface area contributed by atoms with Crippen LogP contribution in [-0.2, 0) is 32.2 Å². The Bertz CT molecular complexity index is 1640. The third-order valence-corrected chi connectivity index (χ3v) is 7.72. The largest absolute Gasteiger partial charge is 0.487 e. The second-order valence-corrected chi connectivity index (χ2v) is 10.8. The van der Waals surface area contributed by atoms with Crippen LogP contribution in [0.2, 0.25) is 0 Å². The zero-order chi connectivity index (χ0) is 31.5. The number of benzene rings is 3. The number of imide groups is 1. The predicted molar refractivity (Wildman–Crippen MR) is 154 cm³/mol. The molecule has 13 heteroatoms. The molecule has 0 aliphatic carbocycles. The first-order valence-electron chi connectivity index (χ1n) is 14.5. The van der Waals surface area contributed by atoms with Crippen molar-refractivity contribution in [2.45, 2.75) is 51.0 Å². The molecular weight excluding hydrogens is 592 g/mol. The molecule has 0 aromatic heterocycles. The standard InChI is InChI=1S/C32H29F2N3O8/c33-24-10-9-22(14-25(24)34)44-21-7-5-20(6-8-21)35-32(41)43-16-19-4-3-18-15-37(26-11-12-27(38)36-30(26)39)31(40)28(18)29(19)45-23-2-1-13-42-17-23/h3-10,14,23,26H,1-2,11-13,15-17H2,(H,35,41)(H,36,38,39)/t23-,26?/m1/s1. The topological polar surface area (TPSA) is 132 Å². The highest BCUT2D eigenvalue weighted by atomic mass is 19.2. The van der Waals surface area contributed by atoms with Crippen LogP contribution < -0.4 is 20.1 Å². The number of piperidine rings is 1. The van der Waals surface area contributed by atoms with E-state index in [1.54, 1.807) is 24.3 Å². The molecule has 6 rings (SSSR count). The molecule has 0 saturated carbocycles. The molecule has 0 radical (unpaired) electrons. The molecular formula is C32H29F2N3O8. The molecule has 234 valence electrons. The molecule has 3 heterocycles. The van der Waals surface area contributed by atoms with Gasteiger partial charge in [-0.25, -0.2) is 13.6 Å². The zero-order valence-corrected chi connectivity index (χ0v) is 24.0. The first-order chi connectivity index (χ1) is 21.7. The van der Waals surface area contributed by atoms with Gasteiger partial charge in [0.15, 0.2) is 11.6 Å². The number of amides is 4. The zero-order valence-electron chi connectivity index (χ0n) is 24.0. The minimum Gasteiger partial charge on any atom is -0.487 e. The Hall–Kier alpha value is -5.04. The molecule has 0 bridgehead atoms. The second-order valence-electron chi connectivity index (χ2n) is 10.8. The number of hydrogen-bond donors (Lipinski definition) is 2. The molecule has 3 aromatic carbocycles. The molecule has 3 aliphatic rings. The fourth-order valence-corrected chi connectivity index (χ4v) is 5.46. The van der Waals surface area contributed by atoms with Crippen LogP contribution in [0, 0.1) is 11.6 Å². The van der Waals surface area contributed by atoms with Crippen LogP contribution in [-0.4, -0.2) is 54.1 Å². The van der Waals surface area contributed by atoms with Gasteiger partial charge in [-0.15, -0.1) is 0 Å². The molecule has 1 unspecified atom stereocenters. The van der Waals surface area contributed by atoms with Crippen LogP contribution >= 0.6 is 0 Å². The summed E-state index contributed by atoms with van der Waals surface area (Å²) in [5.41, 5.74) is 1.81. The van der Waals surface area contributed by atoms with Gasteiger partial charge in [0.25, 0.3) is 5.91 Å². The van der Waals surface area contributed by atoms with E-state index in [0.717, 1.165) is 18.6 Å². The van der Waals surface area contributed by atoms with Gasteiger partial charge in [-0.05, 0) is 61.2 Å². The molecule has 45 heavy (non-hydrogen) atoms. The number of nitrogens with zero attached hydrogens (tertiary/aromatic N) is 1. The fraction of sp³-hybridized carbons (Fsp3) is 0.312. The van der Waals surface area contributed by atoms with Crippen LogP contribution in [0.5, 0.6) is 17.2 Å². The number of hydrogen-bond acceptors (Lipinski definition) is 8.